The second-order valence-corrected chi connectivity index (χ2v) is 9.16. The molecule has 4 rings (SSSR count). The maximum atomic E-state index is 6.04. The van der Waals surface area contributed by atoms with Crippen LogP contribution in [0.5, 0.6) is 5.75 Å². The molecule has 0 aliphatic carbocycles. The fourth-order valence-electron chi connectivity index (χ4n) is 3.76. The number of hydrogen-bond acceptors (Lipinski definition) is 4. The highest BCUT2D eigenvalue weighted by molar-refractivity contribution is 7.97. The molecule has 4 aromatic rings. The van der Waals surface area contributed by atoms with Crippen LogP contribution in [-0.4, -0.2) is 11.5 Å². The predicted molar refractivity (Wildman–Crippen MR) is 135 cm³/mol. The van der Waals surface area contributed by atoms with Gasteiger partial charge in [-0.25, -0.2) is 4.98 Å². The van der Waals surface area contributed by atoms with Gasteiger partial charge in [0.1, 0.15) is 12.4 Å². The molecule has 0 aliphatic rings. The van der Waals surface area contributed by atoms with E-state index in [1.54, 1.807) is 11.9 Å². The summed E-state index contributed by atoms with van der Waals surface area (Å²) >= 11 is 1.71. The van der Waals surface area contributed by atoms with Crippen molar-refractivity contribution in [3.05, 3.63) is 102 Å². The van der Waals surface area contributed by atoms with E-state index in [2.05, 4.69) is 66.2 Å². The molecule has 1 atom stereocenters. The van der Waals surface area contributed by atoms with E-state index < -0.39 is 0 Å². The third-order valence-electron chi connectivity index (χ3n) is 5.43. The number of ether oxygens (including phenoxy) is 1. The number of para-hydroxylation sites is 1. The lowest BCUT2D eigenvalue weighted by atomic mass is 9.96. The van der Waals surface area contributed by atoms with Gasteiger partial charge in [0, 0.05) is 16.8 Å². The van der Waals surface area contributed by atoms with Crippen LogP contribution >= 0.6 is 11.9 Å². The Hall–Kier alpha value is -2.82. The number of pyridine rings is 1. The molecule has 3 nitrogen and oxygen atoms in total. The maximum Gasteiger partial charge on any atom is 0.130 e. The van der Waals surface area contributed by atoms with Crippen LogP contribution in [0.25, 0.3) is 10.9 Å². The van der Waals surface area contributed by atoms with Crippen LogP contribution in [0.3, 0.4) is 0 Å². The van der Waals surface area contributed by atoms with Gasteiger partial charge >= 0.3 is 0 Å². The van der Waals surface area contributed by atoms with Crippen LogP contribution in [0.2, 0.25) is 0 Å². The highest BCUT2D eigenvalue weighted by Gasteiger charge is 2.06. The van der Waals surface area contributed by atoms with Crippen LogP contribution in [0, 0.1) is 5.92 Å². The molecule has 1 N–H and O–H groups in total. The number of aromatic nitrogens is 1. The minimum Gasteiger partial charge on any atom is -0.487 e. The summed E-state index contributed by atoms with van der Waals surface area (Å²) in [6.45, 7) is 3.83. The number of nitrogens with zero attached hydrogens (tertiary/aromatic N) is 1. The first-order valence-corrected chi connectivity index (χ1v) is 12.1. The van der Waals surface area contributed by atoms with E-state index in [1.807, 2.05) is 36.4 Å². The lowest BCUT2D eigenvalue weighted by Gasteiger charge is -2.13. The largest absolute Gasteiger partial charge is 0.487 e. The van der Waals surface area contributed by atoms with Crippen LogP contribution < -0.4 is 9.46 Å². The molecule has 0 saturated carbocycles. The molecular formula is C28H30N2OS. The summed E-state index contributed by atoms with van der Waals surface area (Å²) in [5.74, 6) is 1.54. The first kappa shape index (κ1) is 22.4. The molecule has 4 heteroatoms. The van der Waals surface area contributed by atoms with Crippen LogP contribution in [0.15, 0.2) is 95.9 Å². The zero-order chi connectivity index (χ0) is 22.0. The fraction of sp³-hybridized carbons (Fsp3) is 0.250. The van der Waals surface area contributed by atoms with Gasteiger partial charge in [-0.05, 0) is 79.1 Å². The number of rotatable bonds is 11. The van der Waals surface area contributed by atoms with Crippen molar-refractivity contribution in [1.29, 1.82) is 0 Å². The summed E-state index contributed by atoms with van der Waals surface area (Å²) in [5.41, 5.74) is 3.28. The van der Waals surface area contributed by atoms with E-state index in [9.17, 15) is 0 Å². The Balaban J connectivity index is 1.20. The Morgan fingerprint density at radius 2 is 1.75 bits per heavy atom. The van der Waals surface area contributed by atoms with Crippen molar-refractivity contribution in [3.63, 3.8) is 0 Å². The van der Waals surface area contributed by atoms with E-state index in [0.717, 1.165) is 35.3 Å². The third-order valence-corrected chi connectivity index (χ3v) is 6.29. The standard InChI is InChI=1S/C28H30N2OS/c1-22(9-8-18-29-32-27-13-3-2-4-14-27)19-23-10-7-12-26(20-23)31-21-25-17-16-24-11-5-6-15-28(24)30-25/h2-7,10-17,20,22,29H,8-9,18-19,21H2,1H3. The van der Waals surface area contributed by atoms with Gasteiger partial charge in [0.05, 0.1) is 11.2 Å². The first-order valence-electron chi connectivity index (χ1n) is 11.3. The summed E-state index contributed by atoms with van der Waals surface area (Å²) in [4.78, 5) is 5.96. The molecule has 164 valence electrons. The Morgan fingerprint density at radius 3 is 2.66 bits per heavy atom. The van der Waals surface area contributed by atoms with Crippen LogP contribution in [0.1, 0.15) is 31.0 Å². The van der Waals surface area contributed by atoms with Gasteiger partial charge in [-0.15, -0.1) is 0 Å². The van der Waals surface area contributed by atoms with Gasteiger partial charge in [-0.3, -0.25) is 4.72 Å². The number of nitrogens with one attached hydrogen (secondary N) is 1. The Bertz CT molecular complexity index is 1120. The van der Waals surface area contributed by atoms with Crippen molar-refractivity contribution >= 4 is 22.9 Å². The third kappa shape index (κ3) is 6.84. The zero-order valence-electron chi connectivity index (χ0n) is 18.5. The lowest BCUT2D eigenvalue weighted by Crippen LogP contribution is -2.08. The first-order chi connectivity index (χ1) is 15.8. The smallest absolute Gasteiger partial charge is 0.130 e. The van der Waals surface area contributed by atoms with Crippen molar-refractivity contribution in [2.75, 3.05) is 6.54 Å². The van der Waals surface area contributed by atoms with Crippen molar-refractivity contribution in [3.8, 4) is 5.75 Å². The Kier molecular flexibility index (Phi) is 8.18. The molecule has 1 heterocycles. The molecule has 0 saturated heterocycles. The molecule has 0 aliphatic heterocycles. The topological polar surface area (TPSA) is 34.1 Å². The van der Waals surface area contributed by atoms with E-state index in [-0.39, 0.29) is 0 Å². The van der Waals surface area contributed by atoms with E-state index >= 15 is 0 Å². The predicted octanol–water partition coefficient (Wildman–Crippen LogP) is 7.07. The molecule has 1 unspecified atom stereocenters. The highest BCUT2D eigenvalue weighted by Crippen LogP contribution is 2.20. The molecule has 32 heavy (non-hydrogen) atoms. The van der Waals surface area contributed by atoms with Crippen molar-refractivity contribution in [2.24, 2.45) is 5.92 Å². The molecule has 0 fully saturated rings. The van der Waals surface area contributed by atoms with Gasteiger partial charge in [0.25, 0.3) is 0 Å². The normalized spacial score (nSPS) is 12.0. The number of benzene rings is 3. The average Bonchev–Trinajstić information content (AvgIpc) is 2.83. The molecule has 0 amide bonds. The van der Waals surface area contributed by atoms with Crippen molar-refractivity contribution < 1.29 is 4.74 Å². The maximum absolute atomic E-state index is 6.04. The second-order valence-electron chi connectivity index (χ2n) is 8.19. The van der Waals surface area contributed by atoms with Gasteiger partial charge in [0.15, 0.2) is 0 Å². The van der Waals surface area contributed by atoms with Crippen LogP contribution in [-0.2, 0) is 13.0 Å². The zero-order valence-corrected chi connectivity index (χ0v) is 19.4. The van der Waals surface area contributed by atoms with Gasteiger partial charge in [-0.1, -0.05) is 61.5 Å². The van der Waals surface area contributed by atoms with Gasteiger partial charge in [-0.2, -0.15) is 0 Å². The molecule has 0 spiro atoms. The van der Waals surface area contributed by atoms with E-state index in [4.69, 9.17) is 9.72 Å². The SMILES string of the molecule is CC(CCCNSc1ccccc1)Cc1cccc(OCc2ccc3ccccc3n2)c1. The van der Waals surface area contributed by atoms with Gasteiger partial charge < -0.3 is 4.74 Å². The number of fused-ring (bicyclic) bond motifs is 1. The van der Waals surface area contributed by atoms with Crippen molar-refractivity contribution in [2.45, 2.75) is 37.7 Å². The molecule has 3 aromatic carbocycles. The quantitative estimate of drug-likeness (QED) is 0.199. The minimum absolute atomic E-state index is 0.481. The van der Waals surface area contributed by atoms with E-state index in [1.165, 1.54) is 23.3 Å². The minimum atomic E-state index is 0.481. The fourth-order valence-corrected chi connectivity index (χ4v) is 4.46. The Labute approximate surface area is 195 Å². The summed E-state index contributed by atoms with van der Waals surface area (Å²) < 4.78 is 9.51. The summed E-state index contributed by atoms with van der Waals surface area (Å²) in [5, 5.41) is 1.15. The summed E-state index contributed by atoms with van der Waals surface area (Å²) in [6.07, 6.45) is 3.44. The number of hydrogen-bond donors (Lipinski definition) is 1. The molecular weight excluding hydrogens is 412 g/mol. The summed E-state index contributed by atoms with van der Waals surface area (Å²) in [7, 11) is 0. The molecule has 0 bridgehead atoms. The molecule has 1 aromatic heterocycles. The van der Waals surface area contributed by atoms with Crippen molar-refractivity contribution in [1.82, 2.24) is 9.71 Å². The summed E-state index contributed by atoms with van der Waals surface area (Å²) in [6, 6.07) is 31.2. The molecule has 0 radical (unpaired) electrons. The van der Waals surface area contributed by atoms with Crippen LogP contribution in [0.4, 0.5) is 0 Å². The monoisotopic (exact) mass is 442 g/mol. The van der Waals surface area contributed by atoms with Gasteiger partial charge in [0.2, 0.25) is 0 Å². The second kappa shape index (κ2) is 11.7. The highest BCUT2D eigenvalue weighted by atomic mass is 32.2. The lowest BCUT2D eigenvalue weighted by molar-refractivity contribution is 0.301. The van der Waals surface area contributed by atoms with E-state index in [0.29, 0.717) is 12.5 Å². The average molecular weight is 443 g/mol. The Morgan fingerprint density at radius 1 is 0.906 bits per heavy atom.